The van der Waals surface area contributed by atoms with Gasteiger partial charge in [0.05, 0.1) is 11.3 Å². The van der Waals surface area contributed by atoms with Crippen molar-refractivity contribution in [1.29, 1.82) is 0 Å². The molecule has 4 nitrogen and oxygen atoms in total. The number of pyridine rings is 2. The number of benzene rings is 2. The number of carbonyl (C=O) groups is 1. The molecule has 5 heteroatoms. The van der Waals surface area contributed by atoms with E-state index in [4.69, 9.17) is 4.98 Å². The van der Waals surface area contributed by atoms with Crippen molar-refractivity contribution in [3.05, 3.63) is 83.3 Å². The Hall–Kier alpha value is -2.88. The fourth-order valence-corrected chi connectivity index (χ4v) is 5.73. The summed E-state index contributed by atoms with van der Waals surface area (Å²) in [6.45, 7) is 14.7. The maximum Gasteiger partial charge on any atom is 0.162 e. The zero-order valence-electron chi connectivity index (χ0n) is 24.8. The third-order valence-corrected chi connectivity index (χ3v) is 8.34. The molecule has 2 aromatic heterocycles. The Morgan fingerprint density at radius 2 is 1.62 bits per heavy atom. The number of nitrogens with zero attached hydrogens (tertiary/aromatic N) is 2. The van der Waals surface area contributed by atoms with Crippen molar-refractivity contribution in [3.8, 4) is 11.3 Å². The molecule has 0 bridgehead atoms. The molecule has 0 amide bonds. The predicted octanol–water partition coefficient (Wildman–Crippen LogP) is 9.07. The van der Waals surface area contributed by atoms with E-state index in [1.165, 1.54) is 33.5 Å². The van der Waals surface area contributed by atoms with E-state index in [9.17, 15) is 9.90 Å². The van der Waals surface area contributed by atoms with Gasteiger partial charge in [-0.25, -0.2) is 0 Å². The van der Waals surface area contributed by atoms with Crippen LogP contribution in [-0.2, 0) is 30.3 Å². The number of aliphatic hydroxyl groups excluding tert-OH is 1. The first-order valence-electron chi connectivity index (χ1n) is 14.3. The molecule has 0 atom stereocenters. The Bertz CT molecular complexity index is 1530. The topological polar surface area (TPSA) is 63.1 Å². The number of ketones is 1. The normalized spacial score (nSPS) is 13.6. The second kappa shape index (κ2) is 13.2. The van der Waals surface area contributed by atoms with Gasteiger partial charge in [0.2, 0.25) is 0 Å². The standard InChI is InChI=1S/C22H17N2.C13H24O2.Ir/c1-13-7-8-14-12-17-21(24-19(14)11-13)15-9-10-23-18-6-4-5-16(20(15)18)22(17,2)3;1-5-10(6-2)12(14)9-13(15)11(7-3)8-4;/h4-8,10-12H,1-3H3;9-11,14H,5-8H2,1-4H3;/q-1;;/b;12-9-;. The average molecular weight is 714 g/mol. The summed E-state index contributed by atoms with van der Waals surface area (Å²) in [4.78, 5) is 21.3. The van der Waals surface area contributed by atoms with E-state index >= 15 is 0 Å². The first-order chi connectivity index (χ1) is 18.7. The molecule has 1 radical (unpaired) electrons. The number of aliphatic hydroxyl groups is 1. The van der Waals surface area contributed by atoms with Crippen LogP contribution in [0.2, 0.25) is 0 Å². The van der Waals surface area contributed by atoms with E-state index in [1.807, 2.05) is 27.7 Å². The van der Waals surface area contributed by atoms with Crippen LogP contribution in [0.5, 0.6) is 0 Å². The number of hydrogen-bond acceptors (Lipinski definition) is 4. The smallest absolute Gasteiger partial charge is 0.162 e. The van der Waals surface area contributed by atoms with Crippen LogP contribution in [-0.4, -0.2) is 20.9 Å². The molecule has 0 spiro atoms. The zero-order chi connectivity index (χ0) is 28.3. The predicted molar refractivity (Wildman–Crippen MR) is 162 cm³/mol. The van der Waals surface area contributed by atoms with Gasteiger partial charge in [0, 0.05) is 43.5 Å². The fourth-order valence-electron chi connectivity index (χ4n) is 5.73. The molecule has 0 saturated heterocycles. The molecular formula is C35H41IrN2O2-. The SMILES string of the molecule is CCC(CC)C(=O)/C=C(\O)C(CC)CC.Cc1ccc2cc3c(nc2c1)-c1[c-]cnc2cccc(c12)C3(C)C.[Ir]. The molecule has 1 aliphatic carbocycles. The van der Waals surface area contributed by atoms with Crippen LogP contribution < -0.4 is 0 Å². The number of rotatable bonds is 7. The minimum absolute atomic E-state index is 0. The molecule has 2 aromatic carbocycles. The van der Waals surface area contributed by atoms with Crippen molar-refractivity contribution < 1.29 is 30.0 Å². The fraction of sp³-hybridized carbons (Fsp3) is 0.400. The minimum Gasteiger partial charge on any atom is -0.512 e. The van der Waals surface area contributed by atoms with Crippen molar-refractivity contribution in [2.45, 2.75) is 79.6 Å². The summed E-state index contributed by atoms with van der Waals surface area (Å²) >= 11 is 0. The Morgan fingerprint density at radius 3 is 2.27 bits per heavy atom. The van der Waals surface area contributed by atoms with Gasteiger partial charge in [0.25, 0.3) is 0 Å². The van der Waals surface area contributed by atoms with Crippen LogP contribution in [0.4, 0.5) is 0 Å². The molecule has 1 N–H and O–H groups in total. The summed E-state index contributed by atoms with van der Waals surface area (Å²) in [5.74, 6) is 0.547. The van der Waals surface area contributed by atoms with Gasteiger partial charge >= 0.3 is 0 Å². The van der Waals surface area contributed by atoms with Crippen molar-refractivity contribution in [3.63, 3.8) is 0 Å². The van der Waals surface area contributed by atoms with E-state index in [0.717, 1.165) is 48.0 Å². The van der Waals surface area contributed by atoms with E-state index in [1.54, 1.807) is 6.20 Å². The first kappa shape index (κ1) is 31.6. The molecule has 1 aliphatic rings. The number of aryl methyl sites for hydroxylation is 1. The summed E-state index contributed by atoms with van der Waals surface area (Å²) in [5, 5.41) is 12.1. The number of carbonyl (C=O) groups excluding carboxylic acids is 1. The van der Waals surface area contributed by atoms with Crippen molar-refractivity contribution >= 4 is 27.6 Å². The van der Waals surface area contributed by atoms with E-state index in [0.29, 0.717) is 0 Å². The van der Waals surface area contributed by atoms with Gasteiger partial charge in [0.15, 0.2) is 5.78 Å². The minimum atomic E-state index is -0.106. The van der Waals surface area contributed by atoms with Crippen molar-refractivity contribution in [1.82, 2.24) is 9.97 Å². The van der Waals surface area contributed by atoms with Crippen LogP contribution in [0.3, 0.4) is 0 Å². The third kappa shape index (κ3) is 6.06. The van der Waals surface area contributed by atoms with Gasteiger partial charge < -0.3 is 10.1 Å². The molecule has 213 valence electrons. The first-order valence-corrected chi connectivity index (χ1v) is 14.3. The second-order valence-electron chi connectivity index (χ2n) is 11.2. The molecule has 0 aliphatic heterocycles. The van der Waals surface area contributed by atoms with Gasteiger partial charge in [-0.2, -0.15) is 11.6 Å². The summed E-state index contributed by atoms with van der Waals surface area (Å²) < 4.78 is 0. The number of allylic oxidation sites excluding steroid dienone is 2. The van der Waals surface area contributed by atoms with E-state index in [-0.39, 0.29) is 48.9 Å². The zero-order valence-corrected chi connectivity index (χ0v) is 27.2. The number of aromatic nitrogens is 2. The van der Waals surface area contributed by atoms with Gasteiger partial charge in [-0.15, -0.1) is 0 Å². The maximum absolute atomic E-state index is 11.7. The molecule has 4 aromatic rings. The molecule has 0 fully saturated rings. The Kier molecular flexibility index (Phi) is 10.4. The molecule has 0 unspecified atom stereocenters. The Balaban J connectivity index is 0.000000243. The summed E-state index contributed by atoms with van der Waals surface area (Å²) in [7, 11) is 0. The van der Waals surface area contributed by atoms with Crippen LogP contribution in [0.15, 0.2) is 60.5 Å². The summed E-state index contributed by atoms with van der Waals surface area (Å²) in [5.41, 5.74) is 7.88. The number of fused-ring (bicyclic) bond motifs is 3. The second-order valence-corrected chi connectivity index (χ2v) is 11.2. The Morgan fingerprint density at radius 1 is 0.950 bits per heavy atom. The van der Waals surface area contributed by atoms with Crippen LogP contribution in [0.25, 0.3) is 33.1 Å². The maximum atomic E-state index is 11.7. The molecule has 0 saturated carbocycles. The monoisotopic (exact) mass is 714 g/mol. The summed E-state index contributed by atoms with van der Waals surface area (Å²) in [6.07, 6.45) is 6.68. The molecule has 40 heavy (non-hydrogen) atoms. The van der Waals surface area contributed by atoms with Crippen molar-refractivity contribution in [2.24, 2.45) is 11.8 Å². The summed E-state index contributed by atoms with van der Waals surface area (Å²) in [6, 6.07) is 18.5. The van der Waals surface area contributed by atoms with Crippen LogP contribution >= 0.6 is 0 Å². The average Bonchev–Trinajstić information content (AvgIpc) is 2.92. The number of hydrogen-bond donors (Lipinski definition) is 1. The largest absolute Gasteiger partial charge is 0.512 e. The van der Waals surface area contributed by atoms with Gasteiger partial charge in [-0.3, -0.25) is 9.78 Å². The van der Waals surface area contributed by atoms with Crippen LogP contribution in [0.1, 0.15) is 83.9 Å². The molecule has 5 rings (SSSR count). The van der Waals surface area contributed by atoms with Gasteiger partial charge in [0.1, 0.15) is 0 Å². The van der Waals surface area contributed by atoms with Crippen molar-refractivity contribution in [2.75, 3.05) is 0 Å². The van der Waals surface area contributed by atoms with E-state index in [2.05, 4.69) is 74.3 Å². The van der Waals surface area contributed by atoms with Crippen LogP contribution in [0, 0.1) is 24.8 Å². The quantitative estimate of drug-likeness (QED) is 0.118. The van der Waals surface area contributed by atoms with Gasteiger partial charge in [-0.1, -0.05) is 88.4 Å². The molecular weight excluding hydrogens is 673 g/mol. The van der Waals surface area contributed by atoms with Gasteiger partial charge in [-0.05, 0) is 73.0 Å². The molecule has 2 heterocycles. The third-order valence-electron chi connectivity index (χ3n) is 8.34. The Labute approximate surface area is 252 Å². The van der Waals surface area contributed by atoms with E-state index < -0.39 is 0 Å².